The number of nitrogens with one attached hydrogen (secondary N) is 2. The quantitative estimate of drug-likeness (QED) is 0.709. The molecule has 2 aliphatic heterocycles. The summed E-state index contributed by atoms with van der Waals surface area (Å²) in [6, 6.07) is 6.86. The van der Waals surface area contributed by atoms with Crippen molar-refractivity contribution in [2.75, 3.05) is 58.2 Å². The van der Waals surface area contributed by atoms with Gasteiger partial charge in [0.15, 0.2) is 0 Å². The maximum absolute atomic E-state index is 12.9. The number of para-hydroxylation sites is 1. The summed E-state index contributed by atoms with van der Waals surface area (Å²) in [5.41, 5.74) is 1.79. The van der Waals surface area contributed by atoms with Crippen molar-refractivity contribution in [2.45, 2.75) is 25.8 Å². The highest BCUT2D eigenvalue weighted by Gasteiger charge is 2.35. The van der Waals surface area contributed by atoms with Gasteiger partial charge in [0.05, 0.1) is 13.0 Å². The van der Waals surface area contributed by atoms with Crippen LogP contribution in [0.25, 0.3) is 0 Å². The number of amides is 3. The summed E-state index contributed by atoms with van der Waals surface area (Å²) in [6.45, 7) is 6.69. The third-order valence-corrected chi connectivity index (χ3v) is 5.66. The number of hydrogen-bond donors (Lipinski definition) is 2. The topological polar surface area (TPSA) is 85.0 Å². The van der Waals surface area contributed by atoms with Crippen molar-refractivity contribution in [2.24, 2.45) is 0 Å². The van der Waals surface area contributed by atoms with E-state index in [1.54, 1.807) is 4.90 Å². The number of carbonyl (C=O) groups is 3. The lowest BCUT2D eigenvalue weighted by Gasteiger charge is -2.37. The molecule has 3 rings (SSSR count). The number of nitrogens with zero attached hydrogens (tertiary/aromatic N) is 3. The molecule has 1 atom stereocenters. The maximum Gasteiger partial charge on any atom is 0.243 e. The van der Waals surface area contributed by atoms with Crippen molar-refractivity contribution in [3.05, 3.63) is 29.8 Å². The molecule has 2 fully saturated rings. The molecule has 0 aromatic heterocycles. The first-order chi connectivity index (χ1) is 14.0. The second-order valence-electron chi connectivity index (χ2n) is 7.74. The molecule has 2 N–H and O–H groups in total. The van der Waals surface area contributed by atoms with Crippen LogP contribution in [0.5, 0.6) is 0 Å². The monoisotopic (exact) mass is 401 g/mol. The molecule has 0 radical (unpaired) electrons. The fourth-order valence-electron chi connectivity index (χ4n) is 3.83. The van der Waals surface area contributed by atoms with Crippen molar-refractivity contribution < 1.29 is 14.4 Å². The van der Waals surface area contributed by atoms with Gasteiger partial charge in [0, 0.05) is 45.0 Å². The Hall–Kier alpha value is -2.45. The standard InChI is InChI=1S/C21H31N5O3/c1-3-16-6-4-5-7-17(16)23-19(27)14-18-21(29)22-8-9-26(18)20(28)15-25-12-10-24(2)11-13-25/h4-7,18H,3,8-15H2,1-2H3,(H,22,29)(H,23,27)/t18-/m1/s1. The van der Waals surface area contributed by atoms with Gasteiger partial charge in [-0.25, -0.2) is 0 Å². The molecule has 8 heteroatoms. The normalized spacial score (nSPS) is 21.0. The van der Waals surface area contributed by atoms with Crippen molar-refractivity contribution in [3.63, 3.8) is 0 Å². The van der Waals surface area contributed by atoms with E-state index in [9.17, 15) is 14.4 Å². The van der Waals surface area contributed by atoms with Crippen LogP contribution in [0.15, 0.2) is 24.3 Å². The van der Waals surface area contributed by atoms with Crippen molar-refractivity contribution in [1.82, 2.24) is 20.0 Å². The van der Waals surface area contributed by atoms with Crippen LogP contribution in [-0.2, 0) is 20.8 Å². The molecule has 0 bridgehead atoms. The van der Waals surface area contributed by atoms with Gasteiger partial charge in [-0.1, -0.05) is 25.1 Å². The zero-order valence-corrected chi connectivity index (χ0v) is 17.3. The summed E-state index contributed by atoms with van der Waals surface area (Å²) < 4.78 is 0. The summed E-state index contributed by atoms with van der Waals surface area (Å²) >= 11 is 0. The summed E-state index contributed by atoms with van der Waals surface area (Å²) in [7, 11) is 2.07. The summed E-state index contributed by atoms with van der Waals surface area (Å²) in [5.74, 6) is -0.608. The molecular formula is C21H31N5O3. The average molecular weight is 402 g/mol. The molecule has 1 aromatic rings. The smallest absolute Gasteiger partial charge is 0.243 e. The molecule has 0 spiro atoms. The first kappa shape index (κ1) is 21.3. The molecule has 1 aromatic carbocycles. The summed E-state index contributed by atoms with van der Waals surface area (Å²) in [4.78, 5) is 43.9. The predicted octanol–water partition coefficient (Wildman–Crippen LogP) is 0.152. The third kappa shape index (κ3) is 5.55. The zero-order chi connectivity index (χ0) is 20.8. The lowest BCUT2D eigenvalue weighted by atomic mass is 10.1. The van der Waals surface area contributed by atoms with Gasteiger partial charge in [-0.2, -0.15) is 0 Å². The van der Waals surface area contributed by atoms with E-state index in [1.807, 2.05) is 31.2 Å². The number of aryl methyl sites for hydroxylation is 1. The van der Waals surface area contributed by atoms with Crippen LogP contribution in [-0.4, -0.2) is 91.3 Å². The highest BCUT2D eigenvalue weighted by atomic mass is 16.2. The molecule has 2 saturated heterocycles. The number of likely N-dealkylation sites (N-methyl/N-ethyl adjacent to an activating group) is 1. The van der Waals surface area contributed by atoms with Gasteiger partial charge in [0.1, 0.15) is 6.04 Å². The largest absolute Gasteiger partial charge is 0.353 e. The lowest BCUT2D eigenvalue weighted by molar-refractivity contribution is -0.145. The fraction of sp³-hybridized carbons (Fsp3) is 0.571. The Morgan fingerprint density at radius 2 is 1.86 bits per heavy atom. The van der Waals surface area contributed by atoms with E-state index in [-0.39, 0.29) is 30.7 Å². The van der Waals surface area contributed by atoms with Gasteiger partial charge in [-0.15, -0.1) is 0 Å². The zero-order valence-electron chi connectivity index (χ0n) is 17.3. The van der Waals surface area contributed by atoms with Gasteiger partial charge in [0.25, 0.3) is 0 Å². The molecule has 0 aliphatic carbocycles. The first-order valence-corrected chi connectivity index (χ1v) is 10.3. The first-order valence-electron chi connectivity index (χ1n) is 10.3. The molecule has 158 valence electrons. The number of piperazine rings is 2. The molecular weight excluding hydrogens is 370 g/mol. The summed E-state index contributed by atoms with van der Waals surface area (Å²) in [6.07, 6.45) is 0.758. The maximum atomic E-state index is 12.9. The summed E-state index contributed by atoms with van der Waals surface area (Å²) in [5, 5.41) is 5.69. The predicted molar refractivity (Wildman–Crippen MR) is 112 cm³/mol. The number of carbonyl (C=O) groups excluding carboxylic acids is 3. The van der Waals surface area contributed by atoms with Gasteiger partial charge in [0.2, 0.25) is 17.7 Å². The Labute approximate surface area is 172 Å². The van der Waals surface area contributed by atoms with Gasteiger partial charge in [-0.05, 0) is 25.1 Å². The van der Waals surface area contributed by atoms with Crippen LogP contribution < -0.4 is 10.6 Å². The Kier molecular flexibility index (Phi) is 7.22. The second kappa shape index (κ2) is 9.84. The van der Waals surface area contributed by atoms with E-state index in [0.717, 1.165) is 43.9 Å². The SMILES string of the molecule is CCc1ccccc1NC(=O)C[C@@H]1C(=O)NCCN1C(=O)CN1CCN(C)CC1. The molecule has 8 nitrogen and oxygen atoms in total. The molecule has 0 unspecified atom stereocenters. The van der Waals surface area contributed by atoms with Gasteiger partial charge < -0.3 is 20.4 Å². The van der Waals surface area contributed by atoms with E-state index in [0.29, 0.717) is 13.1 Å². The molecule has 3 amide bonds. The van der Waals surface area contributed by atoms with Crippen molar-refractivity contribution in [1.29, 1.82) is 0 Å². The molecule has 29 heavy (non-hydrogen) atoms. The average Bonchev–Trinajstić information content (AvgIpc) is 2.71. The Balaban J connectivity index is 1.62. The Morgan fingerprint density at radius 1 is 1.14 bits per heavy atom. The van der Waals surface area contributed by atoms with Crippen molar-refractivity contribution in [3.8, 4) is 0 Å². The minimum absolute atomic E-state index is 0.0433. The third-order valence-electron chi connectivity index (χ3n) is 5.66. The van der Waals surface area contributed by atoms with E-state index in [2.05, 4.69) is 27.5 Å². The number of anilines is 1. The van der Waals surface area contributed by atoms with E-state index >= 15 is 0 Å². The van der Waals surface area contributed by atoms with Crippen LogP contribution in [0.4, 0.5) is 5.69 Å². The highest BCUT2D eigenvalue weighted by molar-refractivity contribution is 5.98. The van der Waals surface area contributed by atoms with Crippen molar-refractivity contribution >= 4 is 23.4 Å². The van der Waals surface area contributed by atoms with Crippen LogP contribution in [0.1, 0.15) is 18.9 Å². The Bertz CT molecular complexity index is 746. The van der Waals surface area contributed by atoms with Gasteiger partial charge >= 0.3 is 0 Å². The highest BCUT2D eigenvalue weighted by Crippen LogP contribution is 2.17. The minimum atomic E-state index is -0.766. The molecule has 2 heterocycles. The number of hydrogen-bond acceptors (Lipinski definition) is 5. The number of rotatable bonds is 6. The van der Waals surface area contributed by atoms with E-state index in [1.165, 1.54) is 0 Å². The minimum Gasteiger partial charge on any atom is -0.353 e. The van der Waals surface area contributed by atoms with Crippen LogP contribution in [0, 0.1) is 0 Å². The van der Waals surface area contributed by atoms with Crippen LogP contribution in [0.3, 0.4) is 0 Å². The molecule has 2 aliphatic rings. The number of benzene rings is 1. The second-order valence-corrected chi connectivity index (χ2v) is 7.74. The Morgan fingerprint density at radius 3 is 2.59 bits per heavy atom. The van der Waals surface area contributed by atoms with Gasteiger partial charge in [-0.3, -0.25) is 19.3 Å². The fourth-order valence-corrected chi connectivity index (χ4v) is 3.83. The van der Waals surface area contributed by atoms with E-state index < -0.39 is 6.04 Å². The molecule has 0 saturated carbocycles. The van der Waals surface area contributed by atoms with Crippen LogP contribution in [0.2, 0.25) is 0 Å². The van der Waals surface area contributed by atoms with Crippen LogP contribution >= 0.6 is 0 Å². The van der Waals surface area contributed by atoms with E-state index in [4.69, 9.17) is 0 Å². The lowest BCUT2D eigenvalue weighted by Crippen LogP contribution is -2.60.